The summed E-state index contributed by atoms with van der Waals surface area (Å²) < 4.78 is 0. The second kappa shape index (κ2) is 4.32. The first-order chi connectivity index (χ1) is 3.42. The Kier molecular flexibility index (Phi) is 5.85. The van der Waals surface area contributed by atoms with Crippen LogP contribution < -0.4 is 0 Å². The first kappa shape index (κ1) is 12.2. The van der Waals surface area contributed by atoms with Crippen LogP contribution >= 0.6 is 17.0 Å². The molecule has 0 aliphatic rings. The molecule has 0 unspecified atom stereocenters. The van der Waals surface area contributed by atoms with Crippen LogP contribution in [-0.2, 0) is 0 Å². The molecule has 0 aliphatic heterocycles. The van der Waals surface area contributed by atoms with Gasteiger partial charge in [-0.1, -0.05) is 34.6 Å². The number of hydrogen-bond donors (Lipinski definition) is 0. The zero-order valence-corrected chi connectivity index (χ0v) is 8.91. The van der Waals surface area contributed by atoms with Crippen molar-refractivity contribution in [1.82, 2.24) is 0 Å². The van der Waals surface area contributed by atoms with Crippen LogP contribution in [-0.4, -0.2) is 0 Å². The van der Waals surface area contributed by atoms with Crippen molar-refractivity contribution < 1.29 is 0 Å². The summed E-state index contributed by atoms with van der Waals surface area (Å²) in [6.07, 6.45) is 1.33. The summed E-state index contributed by atoms with van der Waals surface area (Å²) in [6, 6.07) is 0. The van der Waals surface area contributed by atoms with Gasteiger partial charge < -0.3 is 0 Å². The van der Waals surface area contributed by atoms with Crippen molar-refractivity contribution in [3.8, 4) is 0 Å². The third kappa shape index (κ3) is 11.9. The van der Waals surface area contributed by atoms with Crippen LogP contribution in [0.15, 0.2) is 0 Å². The Morgan fingerprint density at radius 1 is 1.11 bits per heavy atom. The van der Waals surface area contributed by atoms with Crippen molar-refractivity contribution in [2.45, 2.75) is 41.0 Å². The van der Waals surface area contributed by atoms with E-state index in [0.717, 1.165) is 5.92 Å². The lowest BCUT2D eigenvalue weighted by Gasteiger charge is -2.19. The molecule has 0 fully saturated rings. The van der Waals surface area contributed by atoms with Gasteiger partial charge in [-0.3, -0.25) is 0 Å². The molecule has 0 saturated heterocycles. The molecule has 0 rings (SSSR count). The Balaban J connectivity index is 0. The van der Waals surface area contributed by atoms with E-state index in [9.17, 15) is 0 Å². The number of rotatable bonds is 1. The summed E-state index contributed by atoms with van der Waals surface area (Å²) >= 11 is 0. The summed E-state index contributed by atoms with van der Waals surface area (Å²) in [7, 11) is 0. The van der Waals surface area contributed by atoms with Gasteiger partial charge in [0.25, 0.3) is 0 Å². The molecule has 0 aromatic heterocycles. The van der Waals surface area contributed by atoms with Gasteiger partial charge >= 0.3 is 0 Å². The molecule has 0 saturated carbocycles. The number of hydrogen-bond acceptors (Lipinski definition) is 0. The van der Waals surface area contributed by atoms with E-state index in [-0.39, 0.29) is 17.0 Å². The van der Waals surface area contributed by atoms with E-state index in [1.807, 2.05) is 0 Å². The fourth-order valence-corrected chi connectivity index (χ4v) is 1.22. The Bertz CT molecular complexity index is 59.5. The zero-order valence-electron chi connectivity index (χ0n) is 7.19. The molecule has 0 radical (unpaired) electrons. The maximum absolute atomic E-state index is 2.28. The lowest BCUT2D eigenvalue weighted by atomic mass is 9.86. The lowest BCUT2D eigenvalue weighted by Crippen LogP contribution is -2.08. The molecule has 0 bridgehead atoms. The van der Waals surface area contributed by atoms with E-state index in [4.69, 9.17) is 0 Å². The minimum atomic E-state index is 0. The smallest absolute Gasteiger partial charge is 0.0380 e. The van der Waals surface area contributed by atoms with Gasteiger partial charge in [-0.15, -0.1) is 17.0 Å². The van der Waals surface area contributed by atoms with Crippen molar-refractivity contribution >= 4 is 17.0 Å². The summed E-state index contributed by atoms with van der Waals surface area (Å²) in [5.74, 6) is 0.843. The van der Waals surface area contributed by atoms with Gasteiger partial charge in [0.1, 0.15) is 0 Å². The van der Waals surface area contributed by atoms with E-state index >= 15 is 0 Å². The van der Waals surface area contributed by atoms with Crippen LogP contribution in [0, 0.1) is 11.3 Å². The van der Waals surface area contributed by atoms with Crippen molar-refractivity contribution in [2.75, 3.05) is 0 Å². The van der Waals surface area contributed by atoms with Crippen molar-refractivity contribution in [1.29, 1.82) is 0 Å². The van der Waals surface area contributed by atoms with Crippen LogP contribution in [0.4, 0.5) is 0 Å². The molecule has 9 heavy (non-hydrogen) atoms. The molecule has 0 aromatic carbocycles. The highest BCUT2D eigenvalue weighted by Gasteiger charge is 2.11. The van der Waals surface area contributed by atoms with Gasteiger partial charge in [-0.05, 0) is 17.8 Å². The molecular weight excluding hydrogens is 176 g/mol. The van der Waals surface area contributed by atoms with Crippen LogP contribution in [0.3, 0.4) is 0 Å². The van der Waals surface area contributed by atoms with E-state index in [1.165, 1.54) is 6.42 Å². The van der Waals surface area contributed by atoms with Crippen molar-refractivity contribution in [2.24, 2.45) is 11.3 Å². The molecule has 0 atom stereocenters. The molecule has 0 heterocycles. The van der Waals surface area contributed by atoms with Gasteiger partial charge in [0.05, 0.1) is 0 Å². The number of halogens is 1. The highest BCUT2D eigenvalue weighted by molar-refractivity contribution is 8.93. The van der Waals surface area contributed by atoms with Crippen LogP contribution in [0.25, 0.3) is 0 Å². The quantitative estimate of drug-likeness (QED) is 0.599. The normalized spacial score (nSPS) is 11.3. The van der Waals surface area contributed by atoms with Crippen LogP contribution in [0.2, 0.25) is 0 Å². The Morgan fingerprint density at radius 3 is 1.44 bits per heavy atom. The van der Waals surface area contributed by atoms with E-state index in [2.05, 4.69) is 34.6 Å². The molecule has 0 amide bonds. The summed E-state index contributed by atoms with van der Waals surface area (Å²) in [5.41, 5.74) is 0.522. The highest BCUT2D eigenvalue weighted by atomic mass is 79.9. The third-order valence-electron chi connectivity index (χ3n) is 1.02. The average Bonchev–Trinajstić information content (AvgIpc) is 1.21. The first-order valence-electron chi connectivity index (χ1n) is 3.42. The molecule has 0 spiro atoms. The third-order valence-corrected chi connectivity index (χ3v) is 1.02. The monoisotopic (exact) mass is 194 g/mol. The van der Waals surface area contributed by atoms with Crippen LogP contribution in [0.1, 0.15) is 41.0 Å². The fraction of sp³-hybridized carbons (Fsp3) is 1.00. The largest absolute Gasteiger partial charge is 0.114 e. The lowest BCUT2D eigenvalue weighted by molar-refractivity contribution is 0.320. The molecule has 0 N–H and O–H groups in total. The zero-order chi connectivity index (χ0) is 6.78. The maximum atomic E-state index is 2.28. The second-order valence-electron chi connectivity index (χ2n) is 4.16. The highest BCUT2D eigenvalue weighted by Crippen LogP contribution is 2.23. The van der Waals surface area contributed by atoms with Gasteiger partial charge in [-0.2, -0.15) is 0 Å². The van der Waals surface area contributed by atoms with Gasteiger partial charge in [0, 0.05) is 0 Å². The summed E-state index contributed by atoms with van der Waals surface area (Å²) in [5, 5.41) is 0. The Hall–Kier alpha value is 0.480. The summed E-state index contributed by atoms with van der Waals surface area (Å²) in [4.78, 5) is 0. The van der Waals surface area contributed by atoms with E-state index in [1.54, 1.807) is 0 Å². The minimum Gasteiger partial charge on any atom is -0.114 e. The van der Waals surface area contributed by atoms with Crippen molar-refractivity contribution in [3.63, 3.8) is 0 Å². The van der Waals surface area contributed by atoms with E-state index in [0.29, 0.717) is 5.41 Å². The van der Waals surface area contributed by atoms with Crippen LogP contribution in [0.5, 0.6) is 0 Å². The molecule has 58 valence electrons. The molecular formula is C8H19Br. The van der Waals surface area contributed by atoms with E-state index < -0.39 is 0 Å². The molecule has 0 aliphatic carbocycles. The average molecular weight is 195 g/mol. The van der Waals surface area contributed by atoms with Crippen molar-refractivity contribution in [3.05, 3.63) is 0 Å². The van der Waals surface area contributed by atoms with Gasteiger partial charge in [0.2, 0.25) is 0 Å². The minimum absolute atomic E-state index is 0. The fourth-order valence-electron chi connectivity index (χ4n) is 1.22. The summed E-state index contributed by atoms with van der Waals surface area (Å²) in [6.45, 7) is 11.4. The first-order valence-corrected chi connectivity index (χ1v) is 3.42. The Morgan fingerprint density at radius 2 is 1.44 bits per heavy atom. The van der Waals surface area contributed by atoms with Gasteiger partial charge in [0.15, 0.2) is 0 Å². The Labute approximate surface area is 69.8 Å². The molecule has 0 aromatic rings. The maximum Gasteiger partial charge on any atom is -0.0380 e. The molecule has 1 heteroatoms. The standard InChI is InChI=1S/C8H18.BrH/c1-7(2)6-8(3,4)5;/h7H,6H2,1-5H3;1H. The predicted octanol–water partition coefficient (Wildman–Crippen LogP) is 3.66. The predicted molar refractivity (Wildman–Crippen MR) is 49.2 cm³/mol. The topological polar surface area (TPSA) is 0 Å². The SMILES string of the molecule is Br.CC(C)CC(C)(C)C. The van der Waals surface area contributed by atoms with Gasteiger partial charge in [-0.25, -0.2) is 0 Å². The second-order valence-corrected chi connectivity index (χ2v) is 4.16. The molecule has 0 nitrogen and oxygen atoms in total.